The molecular formula is C19H24ClNO4. The molecule has 1 aliphatic heterocycles. The SMILES string of the molecule is CCOC(=O)C1=C(O)CCN(CCC2=Cc3ccc(OC)cc32)C1.Cl. The van der Waals surface area contributed by atoms with Crippen LogP contribution in [-0.4, -0.2) is 49.3 Å². The first kappa shape index (κ1) is 19.3. The van der Waals surface area contributed by atoms with Crippen LogP contribution in [0.2, 0.25) is 0 Å². The van der Waals surface area contributed by atoms with E-state index in [1.54, 1.807) is 14.0 Å². The van der Waals surface area contributed by atoms with Crippen molar-refractivity contribution in [3.8, 4) is 5.75 Å². The van der Waals surface area contributed by atoms with Crippen molar-refractivity contribution in [3.63, 3.8) is 0 Å². The van der Waals surface area contributed by atoms with E-state index in [-0.39, 0.29) is 18.2 Å². The van der Waals surface area contributed by atoms with Gasteiger partial charge < -0.3 is 14.6 Å². The number of hydrogen-bond donors (Lipinski definition) is 1. The first-order chi connectivity index (χ1) is 11.6. The van der Waals surface area contributed by atoms with Gasteiger partial charge in [0.05, 0.1) is 19.3 Å². The highest BCUT2D eigenvalue weighted by Gasteiger charge is 2.25. The Bertz CT molecular complexity index is 711. The van der Waals surface area contributed by atoms with Gasteiger partial charge in [-0.2, -0.15) is 0 Å². The molecule has 1 aliphatic carbocycles. The number of methoxy groups -OCH3 is 1. The molecule has 2 aliphatic rings. The van der Waals surface area contributed by atoms with Gasteiger partial charge in [0.2, 0.25) is 0 Å². The summed E-state index contributed by atoms with van der Waals surface area (Å²) in [6.07, 6.45) is 3.60. The van der Waals surface area contributed by atoms with Gasteiger partial charge in [-0.25, -0.2) is 4.79 Å². The maximum atomic E-state index is 11.9. The molecule has 0 spiro atoms. The first-order valence-corrected chi connectivity index (χ1v) is 8.31. The van der Waals surface area contributed by atoms with Crippen LogP contribution in [0.15, 0.2) is 29.5 Å². The summed E-state index contributed by atoms with van der Waals surface area (Å²) in [5.41, 5.74) is 4.19. The summed E-state index contributed by atoms with van der Waals surface area (Å²) in [5, 5.41) is 9.93. The van der Waals surface area contributed by atoms with E-state index >= 15 is 0 Å². The summed E-state index contributed by atoms with van der Waals surface area (Å²) in [5.74, 6) is 0.634. The van der Waals surface area contributed by atoms with Crippen LogP contribution in [0.4, 0.5) is 0 Å². The zero-order valence-electron chi connectivity index (χ0n) is 14.6. The number of carbonyl (C=O) groups excluding carboxylic acids is 1. The molecule has 0 radical (unpaired) electrons. The van der Waals surface area contributed by atoms with E-state index in [9.17, 15) is 9.90 Å². The van der Waals surface area contributed by atoms with E-state index < -0.39 is 5.97 Å². The fourth-order valence-electron chi connectivity index (χ4n) is 3.14. The van der Waals surface area contributed by atoms with Gasteiger partial charge in [0.25, 0.3) is 0 Å². The van der Waals surface area contributed by atoms with Crippen LogP contribution in [-0.2, 0) is 9.53 Å². The third kappa shape index (κ3) is 4.17. The van der Waals surface area contributed by atoms with Crippen molar-refractivity contribution >= 4 is 30.0 Å². The van der Waals surface area contributed by atoms with E-state index in [4.69, 9.17) is 9.47 Å². The molecule has 1 aromatic rings. The minimum absolute atomic E-state index is 0. The molecule has 0 saturated carbocycles. The Hall–Kier alpha value is -1.98. The summed E-state index contributed by atoms with van der Waals surface area (Å²) in [4.78, 5) is 14.1. The number of hydrogen-bond acceptors (Lipinski definition) is 5. The third-order valence-corrected chi connectivity index (χ3v) is 4.55. The summed E-state index contributed by atoms with van der Waals surface area (Å²) >= 11 is 0. The number of fused-ring (bicyclic) bond motifs is 1. The Morgan fingerprint density at radius 1 is 1.36 bits per heavy atom. The fraction of sp³-hybridized carbons (Fsp3) is 0.421. The highest BCUT2D eigenvalue weighted by atomic mass is 35.5. The minimum Gasteiger partial charge on any atom is -0.512 e. The van der Waals surface area contributed by atoms with Crippen molar-refractivity contribution in [2.24, 2.45) is 0 Å². The summed E-state index contributed by atoms with van der Waals surface area (Å²) < 4.78 is 10.3. The van der Waals surface area contributed by atoms with Gasteiger partial charge in [0, 0.05) is 26.1 Å². The van der Waals surface area contributed by atoms with Crippen LogP contribution in [0.1, 0.15) is 30.9 Å². The Labute approximate surface area is 154 Å². The van der Waals surface area contributed by atoms with Gasteiger partial charge in [-0.1, -0.05) is 12.1 Å². The van der Waals surface area contributed by atoms with Gasteiger partial charge in [-0.15, -0.1) is 12.4 Å². The van der Waals surface area contributed by atoms with Gasteiger partial charge >= 0.3 is 5.97 Å². The summed E-state index contributed by atoms with van der Waals surface area (Å²) in [6.45, 7) is 4.14. The van der Waals surface area contributed by atoms with Crippen molar-refractivity contribution in [2.45, 2.75) is 19.8 Å². The molecule has 3 rings (SSSR count). The van der Waals surface area contributed by atoms with Gasteiger partial charge in [0.1, 0.15) is 11.5 Å². The molecule has 0 aromatic heterocycles. The van der Waals surface area contributed by atoms with E-state index in [1.807, 2.05) is 6.07 Å². The van der Waals surface area contributed by atoms with Crippen LogP contribution < -0.4 is 4.74 Å². The zero-order chi connectivity index (χ0) is 17.1. The van der Waals surface area contributed by atoms with Crippen molar-refractivity contribution in [1.29, 1.82) is 0 Å². The van der Waals surface area contributed by atoms with Crippen LogP contribution in [0.5, 0.6) is 5.75 Å². The number of aliphatic hydroxyl groups is 1. The smallest absolute Gasteiger partial charge is 0.338 e. The number of halogens is 1. The second-order valence-corrected chi connectivity index (χ2v) is 6.04. The molecule has 0 unspecified atom stereocenters. The highest BCUT2D eigenvalue weighted by molar-refractivity contribution is 5.96. The second-order valence-electron chi connectivity index (χ2n) is 6.04. The first-order valence-electron chi connectivity index (χ1n) is 8.31. The van der Waals surface area contributed by atoms with E-state index in [2.05, 4.69) is 23.1 Å². The standard InChI is InChI=1S/C19H23NO4.ClH/c1-3-24-19(22)17-12-20(9-7-18(17)21)8-6-14-10-13-4-5-15(23-2)11-16(13)14;/h4-5,10-11,21H,3,6-9,12H2,1-2H3;1H. The minimum atomic E-state index is -0.405. The summed E-state index contributed by atoms with van der Waals surface area (Å²) in [6, 6.07) is 6.10. The lowest BCUT2D eigenvalue weighted by molar-refractivity contribution is -0.139. The molecule has 0 fully saturated rings. The maximum absolute atomic E-state index is 11.9. The number of aliphatic hydroxyl groups excluding tert-OH is 1. The van der Waals surface area contributed by atoms with Gasteiger partial charge in [-0.05, 0) is 42.2 Å². The number of nitrogens with zero attached hydrogens (tertiary/aromatic N) is 1. The van der Waals surface area contributed by atoms with Crippen molar-refractivity contribution in [2.75, 3.05) is 33.4 Å². The van der Waals surface area contributed by atoms with Crippen LogP contribution in [0, 0.1) is 0 Å². The predicted molar refractivity (Wildman–Crippen MR) is 100 cm³/mol. The zero-order valence-corrected chi connectivity index (χ0v) is 15.4. The number of benzene rings is 1. The van der Waals surface area contributed by atoms with Crippen LogP contribution in [0.25, 0.3) is 11.6 Å². The normalized spacial score (nSPS) is 16.3. The lowest BCUT2D eigenvalue weighted by Crippen LogP contribution is -2.35. The topological polar surface area (TPSA) is 59.0 Å². The average Bonchev–Trinajstić information content (AvgIpc) is 2.57. The maximum Gasteiger partial charge on any atom is 0.338 e. The molecule has 0 atom stereocenters. The average molecular weight is 366 g/mol. The molecule has 6 heteroatoms. The fourth-order valence-corrected chi connectivity index (χ4v) is 3.14. The molecular weight excluding hydrogens is 342 g/mol. The molecule has 1 N–H and O–H groups in total. The number of rotatable bonds is 6. The molecule has 1 aromatic carbocycles. The molecule has 136 valence electrons. The van der Waals surface area contributed by atoms with Gasteiger partial charge in [-0.3, -0.25) is 4.90 Å². The highest BCUT2D eigenvalue weighted by Crippen LogP contribution is 2.37. The monoisotopic (exact) mass is 365 g/mol. The second kappa shape index (κ2) is 8.41. The third-order valence-electron chi connectivity index (χ3n) is 4.55. The Morgan fingerprint density at radius 3 is 2.88 bits per heavy atom. The van der Waals surface area contributed by atoms with Crippen LogP contribution >= 0.6 is 12.4 Å². The molecule has 0 amide bonds. The Morgan fingerprint density at radius 2 is 2.16 bits per heavy atom. The lowest BCUT2D eigenvalue weighted by Gasteiger charge is -2.29. The molecule has 1 heterocycles. The molecule has 0 saturated heterocycles. The Balaban J connectivity index is 0.00000225. The lowest BCUT2D eigenvalue weighted by atomic mass is 9.86. The molecule has 0 bridgehead atoms. The number of esters is 1. The summed E-state index contributed by atoms with van der Waals surface area (Å²) in [7, 11) is 1.67. The van der Waals surface area contributed by atoms with E-state index in [0.29, 0.717) is 25.1 Å². The number of ether oxygens (including phenoxy) is 2. The largest absolute Gasteiger partial charge is 0.512 e. The van der Waals surface area contributed by atoms with Crippen molar-refractivity contribution in [1.82, 2.24) is 4.90 Å². The number of carbonyl (C=O) groups is 1. The van der Waals surface area contributed by atoms with E-state index in [1.165, 1.54) is 16.7 Å². The molecule has 5 nitrogen and oxygen atoms in total. The molecule has 25 heavy (non-hydrogen) atoms. The van der Waals surface area contributed by atoms with Crippen LogP contribution in [0.3, 0.4) is 0 Å². The Kier molecular flexibility index (Phi) is 6.51. The predicted octanol–water partition coefficient (Wildman–Crippen LogP) is 3.44. The van der Waals surface area contributed by atoms with Crippen molar-refractivity contribution < 1.29 is 19.4 Å². The van der Waals surface area contributed by atoms with Gasteiger partial charge in [0.15, 0.2) is 0 Å². The van der Waals surface area contributed by atoms with Crippen molar-refractivity contribution in [3.05, 3.63) is 40.7 Å². The van der Waals surface area contributed by atoms with E-state index in [0.717, 1.165) is 25.3 Å². The quantitative estimate of drug-likeness (QED) is 0.782.